The third-order valence-corrected chi connectivity index (χ3v) is 4.76. The Bertz CT molecular complexity index is 963. The molecule has 0 unspecified atom stereocenters. The fourth-order valence-corrected chi connectivity index (χ4v) is 3.67. The molecule has 23 heavy (non-hydrogen) atoms. The average molecular weight is 322 g/mol. The van der Waals surface area contributed by atoms with Crippen LogP contribution >= 0.6 is 11.3 Å². The van der Waals surface area contributed by atoms with Gasteiger partial charge < -0.3 is 4.57 Å². The maximum absolute atomic E-state index is 12.5. The Morgan fingerprint density at radius 1 is 1.26 bits per heavy atom. The fraction of sp³-hybridized carbons (Fsp3) is 0.158. The van der Waals surface area contributed by atoms with E-state index in [1.165, 1.54) is 16.9 Å². The number of rotatable bonds is 3. The Hall–Kier alpha value is -2.46. The zero-order valence-corrected chi connectivity index (χ0v) is 14.1. The van der Waals surface area contributed by atoms with E-state index < -0.39 is 0 Å². The second kappa shape index (κ2) is 6.34. The summed E-state index contributed by atoms with van der Waals surface area (Å²) >= 11 is 1.53. The molecule has 3 aromatic rings. The molecular formula is C19H18N2OS. The van der Waals surface area contributed by atoms with Crippen molar-refractivity contribution in [2.24, 2.45) is 4.99 Å². The van der Waals surface area contributed by atoms with Gasteiger partial charge in [-0.05, 0) is 43.2 Å². The lowest BCUT2D eigenvalue weighted by molar-refractivity contribution is 0.0997. The van der Waals surface area contributed by atoms with Gasteiger partial charge in [0, 0.05) is 12.1 Å². The smallest absolute Gasteiger partial charge is 0.279 e. The van der Waals surface area contributed by atoms with E-state index in [0.717, 1.165) is 15.8 Å². The minimum absolute atomic E-state index is 0.204. The molecule has 0 aliphatic rings. The number of allylic oxidation sites excluding steroid dienone is 1. The van der Waals surface area contributed by atoms with Crippen molar-refractivity contribution in [2.75, 3.05) is 0 Å². The van der Waals surface area contributed by atoms with Gasteiger partial charge in [0.15, 0.2) is 4.80 Å². The first-order chi connectivity index (χ1) is 11.1. The number of nitrogens with zero attached hydrogens (tertiary/aromatic N) is 2. The van der Waals surface area contributed by atoms with Crippen LogP contribution < -0.4 is 4.80 Å². The van der Waals surface area contributed by atoms with Gasteiger partial charge in [-0.15, -0.1) is 6.58 Å². The number of hydrogen-bond donors (Lipinski definition) is 0. The summed E-state index contributed by atoms with van der Waals surface area (Å²) in [5.74, 6) is -0.204. The number of fused-ring (bicyclic) bond motifs is 1. The van der Waals surface area contributed by atoms with Gasteiger partial charge in [-0.3, -0.25) is 4.79 Å². The molecule has 0 aliphatic heterocycles. The van der Waals surface area contributed by atoms with E-state index in [1.54, 1.807) is 0 Å². The van der Waals surface area contributed by atoms with Gasteiger partial charge in [0.05, 0.1) is 10.2 Å². The van der Waals surface area contributed by atoms with E-state index in [9.17, 15) is 4.79 Å². The first-order valence-corrected chi connectivity index (χ1v) is 8.27. The van der Waals surface area contributed by atoms with E-state index in [-0.39, 0.29) is 5.91 Å². The van der Waals surface area contributed by atoms with Crippen molar-refractivity contribution in [3.63, 3.8) is 0 Å². The Labute approximate surface area is 139 Å². The van der Waals surface area contributed by atoms with Crippen LogP contribution in [-0.4, -0.2) is 10.5 Å². The van der Waals surface area contributed by atoms with Crippen molar-refractivity contribution in [1.29, 1.82) is 0 Å². The van der Waals surface area contributed by atoms with Crippen molar-refractivity contribution < 1.29 is 4.79 Å². The molecule has 0 saturated heterocycles. The van der Waals surface area contributed by atoms with Gasteiger partial charge in [-0.25, -0.2) is 0 Å². The molecule has 1 aromatic heterocycles. The first kappa shape index (κ1) is 15.4. The molecule has 3 nitrogen and oxygen atoms in total. The molecule has 3 rings (SSSR count). The molecular weight excluding hydrogens is 304 g/mol. The zero-order chi connectivity index (χ0) is 16.4. The summed E-state index contributed by atoms with van der Waals surface area (Å²) in [6, 6.07) is 13.8. The molecule has 0 radical (unpaired) electrons. The van der Waals surface area contributed by atoms with Gasteiger partial charge >= 0.3 is 0 Å². The fourth-order valence-electron chi connectivity index (χ4n) is 2.53. The molecule has 2 aromatic carbocycles. The number of aromatic nitrogens is 1. The molecule has 0 saturated carbocycles. The average Bonchev–Trinajstić information content (AvgIpc) is 2.84. The second-order valence-electron chi connectivity index (χ2n) is 5.49. The van der Waals surface area contributed by atoms with E-state index in [1.807, 2.05) is 41.8 Å². The number of hydrogen-bond acceptors (Lipinski definition) is 2. The van der Waals surface area contributed by atoms with Gasteiger partial charge in [0.2, 0.25) is 0 Å². The van der Waals surface area contributed by atoms with Crippen LogP contribution in [0.3, 0.4) is 0 Å². The van der Waals surface area contributed by atoms with Gasteiger partial charge in [-0.1, -0.05) is 41.7 Å². The highest BCUT2D eigenvalue weighted by atomic mass is 32.1. The minimum Gasteiger partial charge on any atom is -0.312 e. The van der Waals surface area contributed by atoms with Crippen molar-refractivity contribution in [1.82, 2.24) is 4.57 Å². The zero-order valence-electron chi connectivity index (χ0n) is 13.2. The van der Waals surface area contributed by atoms with Crippen LogP contribution in [0.5, 0.6) is 0 Å². The Morgan fingerprint density at radius 3 is 2.78 bits per heavy atom. The predicted molar refractivity (Wildman–Crippen MR) is 95.8 cm³/mol. The van der Waals surface area contributed by atoms with Crippen LogP contribution in [0.25, 0.3) is 10.2 Å². The summed E-state index contributed by atoms with van der Waals surface area (Å²) in [5.41, 5.74) is 3.86. The summed E-state index contributed by atoms with van der Waals surface area (Å²) in [6.07, 6.45) is 1.82. The highest BCUT2D eigenvalue weighted by Crippen LogP contribution is 2.19. The molecule has 0 spiro atoms. The van der Waals surface area contributed by atoms with Gasteiger partial charge in [0.25, 0.3) is 5.91 Å². The lowest BCUT2D eigenvalue weighted by Crippen LogP contribution is -2.16. The number of amides is 1. The Balaban J connectivity index is 2.18. The normalized spacial score (nSPS) is 11.8. The summed E-state index contributed by atoms with van der Waals surface area (Å²) in [4.78, 5) is 17.6. The number of benzene rings is 2. The molecule has 1 heterocycles. The van der Waals surface area contributed by atoms with E-state index >= 15 is 0 Å². The van der Waals surface area contributed by atoms with Crippen molar-refractivity contribution in [3.8, 4) is 0 Å². The highest BCUT2D eigenvalue weighted by molar-refractivity contribution is 7.16. The lowest BCUT2D eigenvalue weighted by atomic mass is 10.1. The Kier molecular flexibility index (Phi) is 4.26. The lowest BCUT2D eigenvalue weighted by Gasteiger charge is -2.02. The summed E-state index contributed by atoms with van der Waals surface area (Å²) in [7, 11) is 0. The molecule has 0 N–H and O–H groups in total. The quantitative estimate of drug-likeness (QED) is 0.664. The largest absolute Gasteiger partial charge is 0.312 e. The predicted octanol–water partition coefficient (Wildman–Crippen LogP) is 4.25. The standard InChI is InChI=1S/C19H18N2OS/c1-4-11-21-16-10-9-13(2)12-17(16)23-19(21)20-18(22)15-8-6-5-7-14(15)3/h4-10,12H,1,11H2,2-3H3. The van der Waals surface area contributed by atoms with Gasteiger partial charge in [0.1, 0.15) is 0 Å². The molecule has 0 atom stereocenters. The number of thiazole rings is 1. The number of aryl methyl sites for hydroxylation is 2. The van der Waals surface area contributed by atoms with Crippen molar-refractivity contribution in [3.05, 3.63) is 76.6 Å². The summed E-state index contributed by atoms with van der Waals surface area (Å²) in [6.45, 7) is 8.42. The number of carbonyl (C=O) groups excluding carboxylic acids is 1. The SMILES string of the molecule is C=CCn1c(=NC(=O)c2ccccc2C)sc2cc(C)ccc21. The molecule has 0 aliphatic carbocycles. The van der Waals surface area contributed by atoms with Crippen molar-refractivity contribution >= 4 is 27.5 Å². The maximum atomic E-state index is 12.5. The Morgan fingerprint density at radius 2 is 2.04 bits per heavy atom. The van der Waals surface area contributed by atoms with E-state index in [0.29, 0.717) is 16.9 Å². The molecule has 1 amide bonds. The van der Waals surface area contributed by atoms with E-state index in [2.05, 4.69) is 36.7 Å². The van der Waals surface area contributed by atoms with Crippen LogP contribution in [-0.2, 0) is 6.54 Å². The highest BCUT2D eigenvalue weighted by Gasteiger charge is 2.10. The summed E-state index contributed by atoms with van der Waals surface area (Å²) in [5, 5.41) is 0. The van der Waals surface area contributed by atoms with Crippen LogP contribution in [0.15, 0.2) is 60.1 Å². The first-order valence-electron chi connectivity index (χ1n) is 7.45. The third-order valence-electron chi connectivity index (χ3n) is 3.72. The summed E-state index contributed by atoms with van der Waals surface area (Å²) < 4.78 is 3.16. The molecule has 0 bridgehead atoms. The molecule has 0 fully saturated rings. The monoisotopic (exact) mass is 322 g/mol. The topological polar surface area (TPSA) is 34.4 Å². The molecule has 116 valence electrons. The van der Waals surface area contributed by atoms with Crippen LogP contribution in [0.2, 0.25) is 0 Å². The second-order valence-corrected chi connectivity index (χ2v) is 6.50. The van der Waals surface area contributed by atoms with Crippen LogP contribution in [0.1, 0.15) is 21.5 Å². The van der Waals surface area contributed by atoms with Crippen LogP contribution in [0.4, 0.5) is 0 Å². The third kappa shape index (κ3) is 3.03. The number of carbonyl (C=O) groups is 1. The van der Waals surface area contributed by atoms with Crippen molar-refractivity contribution in [2.45, 2.75) is 20.4 Å². The van der Waals surface area contributed by atoms with Crippen LogP contribution in [0, 0.1) is 13.8 Å². The molecule has 4 heteroatoms. The van der Waals surface area contributed by atoms with Gasteiger partial charge in [-0.2, -0.15) is 4.99 Å². The maximum Gasteiger partial charge on any atom is 0.279 e. The van der Waals surface area contributed by atoms with E-state index in [4.69, 9.17) is 0 Å². The minimum atomic E-state index is -0.204.